The third kappa shape index (κ3) is 2.32. The van der Waals surface area contributed by atoms with Crippen molar-refractivity contribution in [2.45, 2.75) is 6.04 Å². The molecule has 0 aromatic heterocycles. The van der Waals surface area contributed by atoms with Crippen molar-refractivity contribution in [3.8, 4) is 6.19 Å². The quantitative estimate of drug-likeness (QED) is 0.416. The minimum atomic E-state index is -0.191. The van der Waals surface area contributed by atoms with Crippen LogP contribution in [0, 0.1) is 16.9 Å². The summed E-state index contributed by atoms with van der Waals surface area (Å²) in [6, 6.07) is 7.49. The number of nitrogens with zero attached hydrogens (tertiary/aromatic N) is 2. The number of para-hydroxylation sites is 2. The highest BCUT2D eigenvalue weighted by Crippen LogP contribution is 2.28. The number of fused-ring (bicyclic) bond motifs is 1. The van der Waals surface area contributed by atoms with Crippen LogP contribution in [0.25, 0.3) is 0 Å². The van der Waals surface area contributed by atoms with Gasteiger partial charge in [0.1, 0.15) is 0 Å². The van der Waals surface area contributed by atoms with Crippen molar-refractivity contribution in [1.82, 2.24) is 5.32 Å². The molecule has 1 aromatic carbocycles. The van der Waals surface area contributed by atoms with Crippen LogP contribution in [0.3, 0.4) is 0 Å². The minimum absolute atomic E-state index is 0.191. The van der Waals surface area contributed by atoms with Crippen molar-refractivity contribution in [3.63, 3.8) is 0 Å². The normalized spacial score (nSPS) is 17.6. The van der Waals surface area contributed by atoms with Crippen LogP contribution in [-0.4, -0.2) is 18.5 Å². The Kier molecular flexibility index (Phi) is 3.17. The molecule has 0 amide bonds. The lowest BCUT2D eigenvalue weighted by molar-refractivity contribution is 1.08. The van der Waals surface area contributed by atoms with Crippen LogP contribution in [0.4, 0.5) is 11.4 Å². The van der Waals surface area contributed by atoms with E-state index in [0.29, 0.717) is 5.57 Å². The monoisotopic (exact) mass is 225 g/mol. The van der Waals surface area contributed by atoms with Crippen LogP contribution in [0.1, 0.15) is 0 Å². The predicted octanol–water partition coefficient (Wildman–Crippen LogP) is 1.79. The number of aliphatic imine (C=N–C) groups is 1. The lowest BCUT2D eigenvalue weighted by Crippen LogP contribution is -2.27. The van der Waals surface area contributed by atoms with Crippen molar-refractivity contribution >= 4 is 23.8 Å². The molecule has 3 N–H and O–H groups in total. The first-order chi connectivity index (χ1) is 8.35. The smallest absolute Gasteiger partial charge is 0.180 e. The maximum Gasteiger partial charge on any atom is 0.180 e. The second kappa shape index (κ2) is 4.94. The minimum Gasteiger partial charge on any atom is -0.371 e. The topological polar surface area (TPSA) is 84.1 Å². The summed E-state index contributed by atoms with van der Waals surface area (Å²) in [6.45, 7) is 0. The van der Waals surface area contributed by atoms with Gasteiger partial charge in [-0.15, -0.1) is 0 Å². The van der Waals surface area contributed by atoms with Gasteiger partial charge in [-0.3, -0.25) is 10.3 Å². The standard InChI is InChI=1S/C12H11N5/c13-5-9(6-15-8-14)12-7-16-10-3-1-2-4-11(10)17-12/h1-7,12-13,15,17H/b9-6+,13-5?. The van der Waals surface area contributed by atoms with Gasteiger partial charge in [0.15, 0.2) is 6.19 Å². The Morgan fingerprint density at radius 1 is 1.53 bits per heavy atom. The maximum absolute atomic E-state index is 8.43. The summed E-state index contributed by atoms with van der Waals surface area (Å²) in [5.74, 6) is 0. The van der Waals surface area contributed by atoms with Gasteiger partial charge in [0.2, 0.25) is 0 Å². The molecule has 0 spiro atoms. The van der Waals surface area contributed by atoms with E-state index >= 15 is 0 Å². The third-order valence-electron chi connectivity index (χ3n) is 2.41. The van der Waals surface area contributed by atoms with Crippen molar-refractivity contribution in [2.24, 2.45) is 4.99 Å². The lowest BCUT2D eigenvalue weighted by atomic mass is 10.1. The molecule has 5 nitrogen and oxygen atoms in total. The Hall–Kier alpha value is -2.61. The van der Waals surface area contributed by atoms with E-state index in [-0.39, 0.29) is 6.04 Å². The molecule has 1 heterocycles. The van der Waals surface area contributed by atoms with Gasteiger partial charge in [0.25, 0.3) is 0 Å². The largest absolute Gasteiger partial charge is 0.371 e. The molecule has 0 saturated carbocycles. The van der Waals surface area contributed by atoms with Gasteiger partial charge in [-0.1, -0.05) is 12.1 Å². The second-order valence-electron chi connectivity index (χ2n) is 3.46. The van der Waals surface area contributed by atoms with E-state index in [0.717, 1.165) is 11.4 Å². The summed E-state index contributed by atoms with van der Waals surface area (Å²) < 4.78 is 0. The molecule has 0 saturated heterocycles. The summed E-state index contributed by atoms with van der Waals surface area (Å²) >= 11 is 0. The van der Waals surface area contributed by atoms with Crippen LogP contribution in [-0.2, 0) is 0 Å². The van der Waals surface area contributed by atoms with Gasteiger partial charge >= 0.3 is 0 Å². The Labute approximate surface area is 99.0 Å². The van der Waals surface area contributed by atoms with Crippen LogP contribution in [0.2, 0.25) is 0 Å². The third-order valence-corrected chi connectivity index (χ3v) is 2.41. The second-order valence-corrected chi connectivity index (χ2v) is 3.46. The van der Waals surface area contributed by atoms with Crippen LogP contribution in [0.5, 0.6) is 0 Å². The zero-order valence-electron chi connectivity index (χ0n) is 9.01. The summed E-state index contributed by atoms with van der Waals surface area (Å²) in [5, 5.41) is 21.4. The molecule has 1 aromatic rings. The number of nitrogens with one attached hydrogen (secondary N) is 3. The molecular formula is C12H11N5. The molecule has 2 rings (SSSR count). The Morgan fingerprint density at radius 2 is 2.35 bits per heavy atom. The van der Waals surface area contributed by atoms with Gasteiger partial charge in [-0.05, 0) is 12.1 Å². The molecule has 1 aliphatic rings. The SMILES string of the molecule is N#CN/C=C(\C=N)C1C=Nc2ccccc2N1. The van der Waals surface area contributed by atoms with E-state index in [2.05, 4.69) is 15.6 Å². The zero-order valence-corrected chi connectivity index (χ0v) is 9.01. The molecule has 17 heavy (non-hydrogen) atoms. The highest BCUT2D eigenvalue weighted by molar-refractivity contribution is 5.93. The van der Waals surface area contributed by atoms with Crippen molar-refractivity contribution in [3.05, 3.63) is 36.0 Å². The summed E-state index contributed by atoms with van der Waals surface area (Å²) in [4.78, 5) is 4.31. The predicted molar refractivity (Wildman–Crippen MR) is 67.6 cm³/mol. The van der Waals surface area contributed by atoms with E-state index < -0.39 is 0 Å². The number of nitriles is 1. The summed E-state index contributed by atoms with van der Waals surface area (Å²) in [7, 11) is 0. The highest BCUT2D eigenvalue weighted by atomic mass is 15.0. The lowest BCUT2D eigenvalue weighted by Gasteiger charge is -2.21. The first kappa shape index (κ1) is 10.9. The average Bonchev–Trinajstić information content (AvgIpc) is 2.39. The van der Waals surface area contributed by atoms with E-state index in [1.807, 2.05) is 24.3 Å². The summed E-state index contributed by atoms with van der Waals surface area (Å²) in [5.41, 5.74) is 2.44. The fraction of sp³-hybridized carbons (Fsp3) is 0.0833. The number of hydrogen-bond acceptors (Lipinski definition) is 5. The van der Waals surface area contributed by atoms with Crippen molar-refractivity contribution in [2.75, 3.05) is 5.32 Å². The fourth-order valence-corrected chi connectivity index (χ4v) is 1.57. The van der Waals surface area contributed by atoms with Gasteiger partial charge in [0, 0.05) is 24.2 Å². The Balaban J connectivity index is 2.23. The fourth-order valence-electron chi connectivity index (χ4n) is 1.57. The Bertz CT molecular complexity index is 524. The molecule has 0 bridgehead atoms. The molecular weight excluding hydrogens is 214 g/mol. The molecule has 1 unspecified atom stereocenters. The first-order valence-corrected chi connectivity index (χ1v) is 5.10. The van der Waals surface area contributed by atoms with E-state index in [4.69, 9.17) is 10.7 Å². The molecule has 0 radical (unpaired) electrons. The van der Waals surface area contributed by atoms with Gasteiger partial charge in [-0.2, -0.15) is 5.26 Å². The number of anilines is 1. The number of rotatable bonds is 3. The molecule has 1 aliphatic heterocycles. The van der Waals surface area contributed by atoms with Crippen LogP contribution >= 0.6 is 0 Å². The van der Waals surface area contributed by atoms with E-state index in [9.17, 15) is 0 Å². The zero-order chi connectivity index (χ0) is 12.1. The molecule has 84 valence electrons. The summed E-state index contributed by atoms with van der Waals surface area (Å²) in [6.07, 6.45) is 6.20. The molecule has 0 aliphatic carbocycles. The molecule has 5 heteroatoms. The van der Waals surface area contributed by atoms with Gasteiger partial charge in [-0.25, -0.2) is 0 Å². The van der Waals surface area contributed by atoms with Crippen molar-refractivity contribution < 1.29 is 0 Å². The highest BCUT2D eigenvalue weighted by Gasteiger charge is 2.15. The van der Waals surface area contributed by atoms with Gasteiger partial charge in [0.05, 0.1) is 17.4 Å². The first-order valence-electron chi connectivity index (χ1n) is 5.10. The van der Waals surface area contributed by atoms with E-state index in [1.165, 1.54) is 12.4 Å². The number of hydrogen-bond donors (Lipinski definition) is 3. The Morgan fingerprint density at radius 3 is 3.12 bits per heavy atom. The van der Waals surface area contributed by atoms with E-state index in [1.54, 1.807) is 12.4 Å². The van der Waals surface area contributed by atoms with Crippen molar-refractivity contribution in [1.29, 1.82) is 10.7 Å². The average molecular weight is 225 g/mol. The molecule has 1 atom stereocenters. The van der Waals surface area contributed by atoms with Gasteiger partial charge < -0.3 is 10.7 Å². The van der Waals surface area contributed by atoms with Crippen LogP contribution in [0.15, 0.2) is 41.0 Å². The number of benzene rings is 1. The molecule has 0 fully saturated rings. The van der Waals surface area contributed by atoms with Crippen LogP contribution < -0.4 is 10.6 Å². The maximum atomic E-state index is 8.43.